The number of Topliss-reactive ketones (excluding diaryl/α,β-unsaturated/α-hetero) is 1. The highest BCUT2D eigenvalue weighted by Gasteiger charge is 2.48. The lowest BCUT2D eigenvalue weighted by Gasteiger charge is -2.42. The smallest absolute Gasteiger partial charge is 0.229 e. The molecule has 2 fully saturated rings. The number of hydrogen-bond acceptors (Lipinski definition) is 15. The van der Waals surface area contributed by atoms with Crippen LogP contribution < -0.4 is 14.2 Å². The minimum atomic E-state index is -1.79. The molecule has 0 amide bonds. The van der Waals surface area contributed by atoms with Crippen LogP contribution in [0.25, 0.3) is 0 Å². The first-order chi connectivity index (χ1) is 20.4. The van der Waals surface area contributed by atoms with Gasteiger partial charge >= 0.3 is 0 Å². The quantitative estimate of drug-likeness (QED) is 0.185. The Morgan fingerprint density at radius 1 is 0.814 bits per heavy atom. The summed E-state index contributed by atoms with van der Waals surface area (Å²) in [6, 6.07) is 6.90. The lowest BCUT2D eigenvalue weighted by Crippen LogP contribution is -2.61. The Labute approximate surface area is 245 Å². The monoisotopic (exact) mass is 610 g/mol. The average molecular weight is 611 g/mol. The second kappa shape index (κ2) is 12.4. The molecular weight excluding hydrogens is 576 g/mol. The number of carbonyl (C=O) groups excluding carboxylic acids is 1. The van der Waals surface area contributed by atoms with Crippen molar-refractivity contribution >= 4 is 5.78 Å². The first-order valence-corrected chi connectivity index (χ1v) is 13.5. The number of phenols is 2. The number of aliphatic hydroxyl groups is 6. The molecule has 2 saturated heterocycles. The van der Waals surface area contributed by atoms with Gasteiger partial charge in [-0.15, -0.1) is 0 Å². The van der Waals surface area contributed by atoms with Crippen molar-refractivity contribution in [1.82, 2.24) is 0 Å². The predicted octanol–water partition coefficient (Wildman–Crippen LogP) is -1.16. The van der Waals surface area contributed by atoms with Crippen LogP contribution in [-0.4, -0.2) is 122 Å². The molecule has 11 atom stereocenters. The SMILES string of the molecule is COc1ccc(C2CC(=O)c3c(O)ccc(O[C@@H]4O[C@H](CO[C@@H]5O[C@@H](C)[C@H](O)[C@@H](O)[C@H]5O)[C@@H](O)[C@H](O)[C@H]4O)c3O2)cc1O. The fraction of sp³-hybridized carbons (Fsp3) is 0.536. The van der Waals surface area contributed by atoms with E-state index < -0.39 is 79.9 Å². The molecule has 0 aliphatic carbocycles. The molecule has 0 radical (unpaired) electrons. The van der Waals surface area contributed by atoms with Crippen molar-refractivity contribution in [2.24, 2.45) is 0 Å². The fourth-order valence-electron chi connectivity index (χ4n) is 5.20. The van der Waals surface area contributed by atoms with Crippen LogP contribution in [0.5, 0.6) is 28.7 Å². The third kappa shape index (κ3) is 5.95. The highest BCUT2D eigenvalue weighted by Crippen LogP contribution is 2.46. The van der Waals surface area contributed by atoms with Crippen molar-refractivity contribution in [3.8, 4) is 28.7 Å². The molecule has 236 valence electrons. The summed E-state index contributed by atoms with van der Waals surface area (Å²) in [6.45, 7) is 0.951. The molecule has 3 heterocycles. The van der Waals surface area contributed by atoms with Crippen molar-refractivity contribution in [3.63, 3.8) is 0 Å². The van der Waals surface area contributed by atoms with Gasteiger partial charge in [0, 0.05) is 0 Å². The van der Waals surface area contributed by atoms with Crippen molar-refractivity contribution in [3.05, 3.63) is 41.5 Å². The van der Waals surface area contributed by atoms with Crippen LogP contribution in [0.4, 0.5) is 0 Å². The molecule has 2 aromatic carbocycles. The van der Waals surface area contributed by atoms with Crippen LogP contribution in [0.1, 0.15) is 35.4 Å². The van der Waals surface area contributed by atoms with Crippen molar-refractivity contribution in [1.29, 1.82) is 0 Å². The lowest BCUT2D eigenvalue weighted by molar-refractivity contribution is -0.318. The van der Waals surface area contributed by atoms with E-state index in [2.05, 4.69) is 0 Å². The number of rotatable bonds is 7. The molecule has 15 nitrogen and oxygen atoms in total. The summed E-state index contributed by atoms with van der Waals surface area (Å²) in [7, 11) is 1.38. The largest absolute Gasteiger partial charge is 0.507 e. The van der Waals surface area contributed by atoms with E-state index >= 15 is 0 Å². The molecular formula is C28H34O15. The summed E-state index contributed by atoms with van der Waals surface area (Å²) in [5.41, 5.74) is 0.242. The van der Waals surface area contributed by atoms with Gasteiger partial charge in [0.25, 0.3) is 0 Å². The van der Waals surface area contributed by atoms with Crippen LogP contribution in [0.15, 0.2) is 30.3 Å². The first-order valence-electron chi connectivity index (χ1n) is 13.5. The Bertz CT molecular complexity index is 1320. The number of ketones is 1. The zero-order chi connectivity index (χ0) is 31.2. The Kier molecular flexibility index (Phi) is 8.99. The van der Waals surface area contributed by atoms with Crippen molar-refractivity contribution in [2.45, 2.75) is 80.9 Å². The third-order valence-electron chi connectivity index (χ3n) is 7.73. The van der Waals surface area contributed by atoms with Crippen LogP contribution in [-0.2, 0) is 14.2 Å². The van der Waals surface area contributed by atoms with Gasteiger partial charge < -0.3 is 69.3 Å². The van der Waals surface area contributed by atoms with Gasteiger partial charge in [0.05, 0.1) is 26.2 Å². The molecule has 43 heavy (non-hydrogen) atoms. The number of benzene rings is 2. The van der Waals surface area contributed by atoms with Gasteiger partial charge in [-0.2, -0.15) is 0 Å². The minimum absolute atomic E-state index is 0.145. The zero-order valence-corrected chi connectivity index (χ0v) is 23.1. The standard InChI is InChI=1S/C28H34O15/c1-10-20(32)22(34)24(36)27(40-10)39-9-18-21(33)23(35)25(37)28(43-18)42-16-6-4-12(29)19-14(31)8-17(41-26(16)19)11-3-5-15(38-2)13(30)7-11/h3-7,10,17-18,20-25,27-30,32-37H,8-9H2,1-2H3/t10-,17?,18+,20-,21+,22+,23-,24+,25+,27+,28+/m0/s1. The van der Waals surface area contributed by atoms with E-state index in [4.69, 9.17) is 28.4 Å². The second-order valence-electron chi connectivity index (χ2n) is 10.6. The van der Waals surface area contributed by atoms with Crippen LogP contribution in [0.3, 0.4) is 0 Å². The van der Waals surface area contributed by atoms with Gasteiger partial charge in [-0.25, -0.2) is 0 Å². The molecule has 3 aliphatic rings. The van der Waals surface area contributed by atoms with E-state index in [0.29, 0.717) is 5.56 Å². The topological polar surface area (TPSA) is 234 Å². The van der Waals surface area contributed by atoms with Crippen molar-refractivity contribution < 1.29 is 74.1 Å². The molecule has 0 bridgehead atoms. The molecule has 8 N–H and O–H groups in total. The third-order valence-corrected chi connectivity index (χ3v) is 7.73. The van der Waals surface area contributed by atoms with Crippen LogP contribution in [0.2, 0.25) is 0 Å². The lowest BCUT2D eigenvalue weighted by atomic mass is 9.95. The molecule has 3 aliphatic heterocycles. The van der Waals surface area contributed by atoms with E-state index in [1.54, 1.807) is 6.07 Å². The molecule has 2 aromatic rings. The Hall–Kier alpha value is -3.25. The number of carbonyl (C=O) groups is 1. The maximum absolute atomic E-state index is 13.1. The Balaban J connectivity index is 1.35. The van der Waals surface area contributed by atoms with Gasteiger partial charge in [0.2, 0.25) is 6.29 Å². The number of aromatic hydroxyl groups is 2. The van der Waals surface area contributed by atoms with Gasteiger partial charge in [0.1, 0.15) is 60.1 Å². The number of phenolic OH excluding ortho intramolecular Hbond substituents is 2. The van der Waals surface area contributed by atoms with E-state index in [1.807, 2.05) is 0 Å². The van der Waals surface area contributed by atoms with Gasteiger partial charge in [-0.3, -0.25) is 4.79 Å². The fourth-order valence-corrected chi connectivity index (χ4v) is 5.20. The molecule has 0 spiro atoms. The zero-order valence-electron chi connectivity index (χ0n) is 23.1. The molecule has 5 rings (SSSR count). The predicted molar refractivity (Wildman–Crippen MR) is 141 cm³/mol. The average Bonchev–Trinajstić information content (AvgIpc) is 2.98. The Morgan fingerprint density at radius 3 is 2.19 bits per heavy atom. The summed E-state index contributed by atoms with van der Waals surface area (Å²) < 4.78 is 33.4. The van der Waals surface area contributed by atoms with E-state index in [0.717, 1.165) is 0 Å². The molecule has 0 saturated carbocycles. The van der Waals surface area contributed by atoms with E-state index in [1.165, 1.54) is 38.3 Å². The maximum Gasteiger partial charge on any atom is 0.229 e. The summed E-state index contributed by atoms with van der Waals surface area (Å²) in [5, 5.41) is 82.4. The Morgan fingerprint density at radius 2 is 1.49 bits per heavy atom. The van der Waals surface area contributed by atoms with Gasteiger partial charge in [-0.05, 0) is 36.8 Å². The van der Waals surface area contributed by atoms with Gasteiger partial charge in [0.15, 0.2) is 35.1 Å². The highest BCUT2D eigenvalue weighted by atomic mass is 16.7. The molecule has 1 unspecified atom stereocenters. The summed E-state index contributed by atoms with van der Waals surface area (Å²) in [5.74, 6) is -1.18. The highest BCUT2D eigenvalue weighted by molar-refractivity contribution is 6.03. The number of fused-ring (bicyclic) bond motifs is 1. The number of aliphatic hydroxyl groups excluding tert-OH is 6. The van der Waals surface area contributed by atoms with Crippen molar-refractivity contribution in [2.75, 3.05) is 13.7 Å². The van der Waals surface area contributed by atoms with Gasteiger partial charge in [-0.1, -0.05) is 6.07 Å². The number of hydrogen-bond donors (Lipinski definition) is 8. The second-order valence-corrected chi connectivity index (χ2v) is 10.6. The molecule has 15 heteroatoms. The van der Waals surface area contributed by atoms with Crippen LogP contribution in [0, 0.1) is 0 Å². The van der Waals surface area contributed by atoms with E-state index in [-0.39, 0.29) is 40.7 Å². The number of methoxy groups -OCH3 is 1. The molecule has 0 aromatic heterocycles. The normalized spacial score (nSPS) is 36.0. The summed E-state index contributed by atoms with van der Waals surface area (Å²) in [4.78, 5) is 13.1. The first kappa shape index (κ1) is 31.2. The minimum Gasteiger partial charge on any atom is -0.507 e. The van der Waals surface area contributed by atoms with Crippen LogP contribution >= 0.6 is 0 Å². The summed E-state index contributed by atoms with van der Waals surface area (Å²) >= 11 is 0. The number of ether oxygens (including phenoxy) is 6. The van der Waals surface area contributed by atoms with E-state index in [9.17, 15) is 45.6 Å². The maximum atomic E-state index is 13.1. The summed E-state index contributed by atoms with van der Waals surface area (Å²) in [6.07, 6.45) is -16.2.